The van der Waals surface area contributed by atoms with Crippen LogP contribution in [0.15, 0.2) is 48.5 Å². The van der Waals surface area contributed by atoms with E-state index in [-0.39, 0.29) is 30.3 Å². The fourth-order valence-electron chi connectivity index (χ4n) is 4.32. The topological polar surface area (TPSA) is 69.7 Å². The smallest absolute Gasteiger partial charge is 0.326 e. The SMILES string of the molecule is Cc1cccc(N2C(=O)[C@@H](CC(=O)Nc3ccc(Cl)cc3)N(C3CCCC3)C2=O)c1. The standard InChI is InChI=1S/C23H24ClN3O3/c1-15-5-4-8-19(13-15)27-22(29)20(26(23(27)30)18-6-2-3-7-18)14-21(28)25-17-11-9-16(24)10-12-17/h4-5,8-13,18,20H,2-3,6-7,14H2,1H3,(H,25,28)/t20-/m1/s1. The average molecular weight is 426 g/mol. The molecule has 156 valence electrons. The highest BCUT2D eigenvalue weighted by atomic mass is 35.5. The number of amides is 4. The maximum Gasteiger partial charge on any atom is 0.332 e. The van der Waals surface area contributed by atoms with Gasteiger partial charge in [-0.2, -0.15) is 0 Å². The van der Waals surface area contributed by atoms with Crippen LogP contribution in [-0.4, -0.2) is 34.8 Å². The molecule has 4 amide bonds. The van der Waals surface area contributed by atoms with E-state index in [1.807, 2.05) is 25.1 Å². The third kappa shape index (κ3) is 4.05. The molecular formula is C23H24ClN3O3. The lowest BCUT2D eigenvalue weighted by molar-refractivity contribution is -0.124. The van der Waals surface area contributed by atoms with Crippen LogP contribution < -0.4 is 10.2 Å². The molecule has 2 aromatic carbocycles. The van der Waals surface area contributed by atoms with E-state index in [1.54, 1.807) is 35.2 Å². The molecule has 1 heterocycles. The fraction of sp³-hybridized carbons (Fsp3) is 0.348. The van der Waals surface area contributed by atoms with Crippen molar-refractivity contribution in [3.05, 3.63) is 59.1 Å². The Balaban J connectivity index is 1.58. The Bertz CT molecular complexity index is 970. The van der Waals surface area contributed by atoms with E-state index in [2.05, 4.69) is 5.32 Å². The number of halogens is 1. The number of hydrogen-bond donors (Lipinski definition) is 1. The number of carbonyl (C=O) groups excluding carboxylic acids is 3. The van der Waals surface area contributed by atoms with Gasteiger partial charge in [0.15, 0.2) is 0 Å². The molecule has 2 fully saturated rings. The highest BCUT2D eigenvalue weighted by Gasteiger charge is 2.49. The molecule has 0 unspecified atom stereocenters. The van der Waals surface area contributed by atoms with Gasteiger partial charge < -0.3 is 10.2 Å². The molecule has 0 radical (unpaired) electrons. The first kappa shape index (κ1) is 20.4. The minimum absolute atomic E-state index is 0.00964. The van der Waals surface area contributed by atoms with Crippen molar-refractivity contribution in [1.29, 1.82) is 0 Å². The molecule has 0 aromatic heterocycles. The van der Waals surface area contributed by atoms with Crippen LogP contribution in [0.3, 0.4) is 0 Å². The summed E-state index contributed by atoms with van der Waals surface area (Å²) < 4.78 is 0. The number of benzene rings is 2. The van der Waals surface area contributed by atoms with Gasteiger partial charge in [0.25, 0.3) is 5.91 Å². The largest absolute Gasteiger partial charge is 0.332 e. The third-order valence-corrected chi connectivity index (χ3v) is 5.99. The minimum atomic E-state index is -0.798. The number of nitrogens with one attached hydrogen (secondary N) is 1. The van der Waals surface area contributed by atoms with Gasteiger partial charge >= 0.3 is 6.03 Å². The molecule has 1 saturated heterocycles. The van der Waals surface area contributed by atoms with Crippen LogP contribution in [0.5, 0.6) is 0 Å². The van der Waals surface area contributed by atoms with E-state index < -0.39 is 6.04 Å². The third-order valence-electron chi connectivity index (χ3n) is 5.74. The van der Waals surface area contributed by atoms with Crippen LogP contribution in [0.1, 0.15) is 37.7 Å². The normalized spacial score (nSPS) is 19.6. The molecule has 2 aromatic rings. The number of anilines is 2. The molecule has 4 rings (SSSR count). The molecule has 30 heavy (non-hydrogen) atoms. The molecule has 0 spiro atoms. The Labute approximate surface area is 180 Å². The molecule has 6 nitrogen and oxygen atoms in total. The lowest BCUT2D eigenvalue weighted by atomic mass is 10.1. The van der Waals surface area contributed by atoms with Crippen molar-refractivity contribution in [2.75, 3.05) is 10.2 Å². The maximum atomic E-state index is 13.3. The summed E-state index contributed by atoms with van der Waals surface area (Å²) in [6.45, 7) is 1.92. The van der Waals surface area contributed by atoms with Gasteiger partial charge in [0.2, 0.25) is 5.91 Å². The van der Waals surface area contributed by atoms with Gasteiger partial charge in [0, 0.05) is 16.8 Å². The van der Waals surface area contributed by atoms with Gasteiger partial charge in [-0.25, -0.2) is 9.69 Å². The van der Waals surface area contributed by atoms with Gasteiger partial charge in [-0.1, -0.05) is 36.6 Å². The summed E-state index contributed by atoms with van der Waals surface area (Å²) in [5.74, 6) is -0.652. The summed E-state index contributed by atoms with van der Waals surface area (Å²) in [6.07, 6.45) is 3.69. The van der Waals surface area contributed by atoms with E-state index in [0.717, 1.165) is 31.2 Å². The Morgan fingerprint density at radius 2 is 1.80 bits per heavy atom. The average Bonchev–Trinajstić information content (AvgIpc) is 3.31. The Morgan fingerprint density at radius 1 is 1.10 bits per heavy atom. The van der Waals surface area contributed by atoms with Gasteiger partial charge in [-0.3, -0.25) is 9.59 Å². The molecule has 0 bridgehead atoms. The summed E-state index contributed by atoms with van der Waals surface area (Å²) in [7, 11) is 0. The van der Waals surface area contributed by atoms with Crippen molar-refractivity contribution >= 4 is 40.8 Å². The summed E-state index contributed by atoms with van der Waals surface area (Å²) >= 11 is 5.89. The molecule has 1 saturated carbocycles. The van der Waals surface area contributed by atoms with E-state index in [9.17, 15) is 14.4 Å². The van der Waals surface area contributed by atoms with Crippen molar-refractivity contribution in [1.82, 2.24) is 4.90 Å². The first-order chi connectivity index (χ1) is 14.4. The van der Waals surface area contributed by atoms with Gasteiger partial charge in [-0.05, 0) is 61.7 Å². The second kappa shape index (κ2) is 8.48. The van der Waals surface area contributed by atoms with E-state index in [4.69, 9.17) is 11.6 Å². The van der Waals surface area contributed by atoms with Crippen molar-refractivity contribution in [3.8, 4) is 0 Å². The zero-order chi connectivity index (χ0) is 21.3. The first-order valence-corrected chi connectivity index (χ1v) is 10.6. The summed E-state index contributed by atoms with van der Waals surface area (Å²) in [5, 5.41) is 3.37. The Hall–Kier alpha value is -2.86. The monoisotopic (exact) mass is 425 g/mol. The van der Waals surface area contributed by atoms with Crippen LogP contribution in [0.4, 0.5) is 16.2 Å². The second-order valence-corrected chi connectivity index (χ2v) is 8.35. The fourth-order valence-corrected chi connectivity index (χ4v) is 4.44. The molecule has 2 aliphatic rings. The second-order valence-electron chi connectivity index (χ2n) is 7.92. The van der Waals surface area contributed by atoms with Crippen LogP contribution >= 0.6 is 11.6 Å². The minimum Gasteiger partial charge on any atom is -0.326 e. The van der Waals surface area contributed by atoms with E-state index in [0.29, 0.717) is 16.4 Å². The van der Waals surface area contributed by atoms with Gasteiger partial charge in [-0.15, -0.1) is 0 Å². The van der Waals surface area contributed by atoms with E-state index in [1.165, 1.54) is 4.90 Å². The van der Waals surface area contributed by atoms with Crippen LogP contribution in [-0.2, 0) is 9.59 Å². The number of rotatable bonds is 5. The summed E-state index contributed by atoms with van der Waals surface area (Å²) in [5.41, 5.74) is 2.11. The maximum absolute atomic E-state index is 13.3. The summed E-state index contributed by atoms with van der Waals surface area (Å²) in [4.78, 5) is 42.2. The van der Waals surface area contributed by atoms with Crippen molar-refractivity contribution in [3.63, 3.8) is 0 Å². The van der Waals surface area contributed by atoms with Crippen LogP contribution in [0.25, 0.3) is 0 Å². The summed E-state index contributed by atoms with van der Waals surface area (Å²) in [6, 6.07) is 13.0. The Kier molecular flexibility index (Phi) is 5.77. The molecule has 1 aliphatic heterocycles. The molecule has 1 aliphatic carbocycles. The number of imide groups is 1. The number of carbonyl (C=O) groups is 3. The molecule has 1 atom stereocenters. The van der Waals surface area contributed by atoms with Crippen molar-refractivity contribution < 1.29 is 14.4 Å². The predicted octanol–water partition coefficient (Wildman–Crippen LogP) is 4.76. The van der Waals surface area contributed by atoms with Gasteiger partial charge in [0.1, 0.15) is 6.04 Å². The number of aryl methyl sites for hydroxylation is 1. The highest BCUT2D eigenvalue weighted by molar-refractivity contribution is 6.30. The quantitative estimate of drug-likeness (QED) is 0.702. The van der Waals surface area contributed by atoms with Gasteiger partial charge in [0.05, 0.1) is 12.1 Å². The lowest BCUT2D eigenvalue weighted by Gasteiger charge is -2.27. The van der Waals surface area contributed by atoms with Crippen molar-refractivity contribution in [2.45, 2.75) is 51.1 Å². The van der Waals surface area contributed by atoms with E-state index >= 15 is 0 Å². The van der Waals surface area contributed by atoms with Crippen LogP contribution in [0, 0.1) is 6.92 Å². The lowest BCUT2D eigenvalue weighted by Crippen LogP contribution is -2.43. The number of hydrogen-bond acceptors (Lipinski definition) is 3. The number of nitrogens with zero attached hydrogens (tertiary/aromatic N) is 2. The predicted molar refractivity (Wildman–Crippen MR) is 117 cm³/mol. The number of urea groups is 1. The zero-order valence-corrected chi connectivity index (χ0v) is 17.6. The molecule has 7 heteroatoms. The highest BCUT2D eigenvalue weighted by Crippen LogP contribution is 2.34. The first-order valence-electron chi connectivity index (χ1n) is 10.2. The van der Waals surface area contributed by atoms with Crippen molar-refractivity contribution in [2.24, 2.45) is 0 Å². The molecular weight excluding hydrogens is 402 g/mol. The zero-order valence-electron chi connectivity index (χ0n) is 16.8. The molecule has 1 N–H and O–H groups in total. The van der Waals surface area contributed by atoms with Crippen LogP contribution in [0.2, 0.25) is 5.02 Å². The Morgan fingerprint density at radius 3 is 2.47 bits per heavy atom.